The molecule has 0 aliphatic heterocycles. The molecule has 1 N–H and O–H groups in total. The van der Waals surface area contributed by atoms with Gasteiger partial charge >= 0.3 is 6.18 Å². The van der Waals surface area contributed by atoms with E-state index in [-0.39, 0.29) is 23.9 Å². The molecule has 0 spiro atoms. The van der Waals surface area contributed by atoms with Crippen LogP contribution in [-0.4, -0.2) is 53.0 Å². The van der Waals surface area contributed by atoms with Crippen LogP contribution < -0.4 is 5.32 Å². The average Bonchev–Trinajstić information content (AvgIpc) is 4.01. The Morgan fingerprint density at radius 1 is 0.759 bits per heavy atom. The predicted octanol–water partition coefficient (Wildman–Crippen LogP) is 11.0. The summed E-state index contributed by atoms with van der Waals surface area (Å²) < 4.78 is 43.0. The number of benzene rings is 2. The molecular weight excluding hydrogens is 895 g/mol. The Balaban J connectivity index is 0.000000171. The summed E-state index contributed by atoms with van der Waals surface area (Å²) in [5.74, 6) is 1.84. The minimum Gasteiger partial charge on any atom is -0.367 e. The molecule has 4 heterocycles. The summed E-state index contributed by atoms with van der Waals surface area (Å²) in [7, 11) is 0. The first-order chi connectivity index (χ1) is 25.7. The van der Waals surface area contributed by atoms with Gasteiger partial charge in [-0.2, -0.15) is 13.2 Å². The van der Waals surface area contributed by atoms with Crippen molar-refractivity contribution in [2.75, 3.05) is 11.9 Å². The number of nitrogens with zero attached hydrogens (tertiary/aromatic N) is 6. The van der Waals surface area contributed by atoms with E-state index in [4.69, 9.17) is 0 Å². The molecule has 6 aromatic rings. The highest BCUT2D eigenvalue weighted by atomic mass is 79.9. The van der Waals surface area contributed by atoms with E-state index < -0.39 is 12.6 Å². The van der Waals surface area contributed by atoms with Crippen molar-refractivity contribution in [3.63, 3.8) is 0 Å². The van der Waals surface area contributed by atoms with Crippen LogP contribution >= 0.6 is 47.8 Å². The Kier molecular flexibility index (Phi) is 11.1. The van der Waals surface area contributed by atoms with Gasteiger partial charge in [0.2, 0.25) is 0 Å². The molecule has 2 aliphatic carbocycles. The maximum atomic E-state index is 12.5. The van der Waals surface area contributed by atoms with E-state index in [1.54, 1.807) is 16.8 Å². The Hall–Kier alpha value is -3.95. The Bertz CT molecular complexity index is 2400. The summed E-state index contributed by atoms with van der Waals surface area (Å²) in [5, 5.41) is 2.72. The summed E-state index contributed by atoms with van der Waals surface area (Å²) in [6.45, 7) is 3.62. The number of carbonyl (C=O) groups excluding carboxylic acids is 2. The lowest BCUT2D eigenvalue weighted by molar-refractivity contribution is -0.131. The highest BCUT2D eigenvalue weighted by Gasteiger charge is 2.28. The third kappa shape index (κ3) is 8.94. The van der Waals surface area contributed by atoms with E-state index in [2.05, 4.69) is 79.1 Å². The highest BCUT2D eigenvalue weighted by molar-refractivity contribution is 9.11. The Labute approximate surface area is 334 Å². The fourth-order valence-corrected chi connectivity index (χ4v) is 7.90. The molecule has 0 saturated heterocycles. The number of hydrogen-bond acceptors (Lipinski definition) is 7. The monoisotopic (exact) mass is 927 g/mol. The number of Topliss-reactive ketones (excluding diaryl/α,β-unsaturated/α-hetero) is 2. The zero-order valence-corrected chi connectivity index (χ0v) is 34.1. The average molecular weight is 930 g/mol. The fraction of sp³-hybridized carbons (Fsp3) is 0.333. The van der Waals surface area contributed by atoms with E-state index in [9.17, 15) is 22.8 Å². The van der Waals surface area contributed by atoms with Crippen molar-refractivity contribution in [3.8, 4) is 22.5 Å². The number of ketones is 2. The molecule has 15 heteroatoms. The molecule has 8 rings (SSSR count). The van der Waals surface area contributed by atoms with Gasteiger partial charge in [0.25, 0.3) is 0 Å². The molecule has 0 unspecified atom stereocenters. The van der Waals surface area contributed by atoms with E-state index in [0.29, 0.717) is 39.5 Å². The SMILES string of the molecule is Cc1cc(-c2cnc3c(Br)nc(Br)cn23)ccc1C(=O)CC1CC1.Cc1cc(-c2cnc3c(NCCC(F)(F)F)nc(Br)cn23)ccc1C(=O)CC1CC1. The quantitative estimate of drug-likeness (QED) is 0.129. The molecule has 0 bridgehead atoms. The number of halogens is 6. The summed E-state index contributed by atoms with van der Waals surface area (Å²) in [4.78, 5) is 42.2. The van der Waals surface area contributed by atoms with E-state index in [1.807, 2.05) is 61.0 Å². The number of nitrogens with one attached hydrogen (secondary N) is 1. The number of rotatable bonds is 11. The number of imidazole rings is 2. The van der Waals surface area contributed by atoms with Crippen molar-refractivity contribution in [2.24, 2.45) is 11.8 Å². The number of carbonyl (C=O) groups is 2. The third-order valence-corrected chi connectivity index (χ3v) is 10.9. The van der Waals surface area contributed by atoms with Crippen LogP contribution in [0.5, 0.6) is 0 Å². The first-order valence-corrected chi connectivity index (χ1v) is 19.9. The molecule has 0 atom stereocenters. The minimum absolute atomic E-state index is 0.169. The molecule has 2 aromatic carbocycles. The summed E-state index contributed by atoms with van der Waals surface area (Å²) in [5.41, 5.74) is 8.30. The van der Waals surface area contributed by atoms with Gasteiger partial charge in [0.1, 0.15) is 9.21 Å². The molecular formula is C39H35Br3F3N7O2. The number of alkyl halides is 3. The van der Waals surface area contributed by atoms with Gasteiger partial charge < -0.3 is 5.32 Å². The Morgan fingerprint density at radius 3 is 1.72 bits per heavy atom. The van der Waals surface area contributed by atoms with Crippen LogP contribution in [0.4, 0.5) is 19.0 Å². The van der Waals surface area contributed by atoms with Gasteiger partial charge in [-0.15, -0.1) is 0 Å². The topological polar surface area (TPSA) is 107 Å². The van der Waals surface area contributed by atoms with Crippen LogP contribution in [0, 0.1) is 25.7 Å². The highest BCUT2D eigenvalue weighted by Crippen LogP contribution is 2.36. The van der Waals surface area contributed by atoms with E-state index in [0.717, 1.165) is 67.9 Å². The molecule has 2 aliphatic rings. The number of aromatic nitrogens is 6. The van der Waals surface area contributed by atoms with E-state index >= 15 is 0 Å². The van der Waals surface area contributed by atoms with Gasteiger partial charge in [0, 0.05) is 54.0 Å². The lowest BCUT2D eigenvalue weighted by Gasteiger charge is -2.11. The number of anilines is 1. The molecule has 54 heavy (non-hydrogen) atoms. The van der Waals surface area contributed by atoms with Gasteiger partial charge in [-0.3, -0.25) is 18.4 Å². The zero-order valence-electron chi connectivity index (χ0n) is 29.4. The van der Waals surface area contributed by atoms with Gasteiger partial charge in [-0.05, 0) is 122 Å². The van der Waals surface area contributed by atoms with Crippen LogP contribution in [0.1, 0.15) is 76.8 Å². The molecule has 280 valence electrons. The number of fused-ring (bicyclic) bond motifs is 2. The maximum Gasteiger partial charge on any atom is 0.390 e. The van der Waals surface area contributed by atoms with Crippen molar-refractivity contribution < 1.29 is 22.8 Å². The second kappa shape index (κ2) is 15.7. The molecule has 9 nitrogen and oxygen atoms in total. The van der Waals surface area contributed by atoms with Crippen LogP contribution in [0.25, 0.3) is 33.8 Å². The lowest BCUT2D eigenvalue weighted by atomic mass is 9.98. The summed E-state index contributed by atoms with van der Waals surface area (Å²) in [6.07, 6.45) is 7.82. The van der Waals surface area contributed by atoms with Crippen LogP contribution in [-0.2, 0) is 0 Å². The first-order valence-electron chi connectivity index (χ1n) is 17.6. The van der Waals surface area contributed by atoms with Crippen molar-refractivity contribution in [2.45, 2.75) is 65.0 Å². The van der Waals surface area contributed by atoms with Crippen LogP contribution in [0.15, 0.2) is 75.0 Å². The fourth-order valence-electron chi connectivity index (χ4n) is 6.41. The van der Waals surface area contributed by atoms with Gasteiger partial charge in [-0.1, -0.05) is 24.3 Å². The standard InChI is InChI=1S/C21H20BrF3N4O.C18H15Br2N3O/c1-12-8-14(4-5-15(12)17(30)9-13-2-3-13)16-10-27-20-19(26-7-6-21(23,24)25)28-18(22)11-29(16)20;1-10-6-12(4-5-13(10)15(24)7-11-2-3-11)14-8-21-18-17(20)22-16(19)9-23(14)18/h4-5,8,10-11,13H,2-3,6-7,9H2,1H3,(H,26,28);4-6,8-9,11H,2-3,7H2,1H3. The van der Waals surface area contributed by atoms with Crippen molar-refractivity contribution >= 4 is 76.5 Å². The lowest BCUT2D eigenvalue weighted by Crippen LogP contribution is -2.15. The second-order valence-electron chi connectivity index (χ2n) is 13.9. The Morgan fingerprint density at radius 2 is 1.24 bits per heavy atom. The summed E-state index contributed by atoms with van der Waals surface area (Å²) in [6, 6.07) is 11.7. The van der Waals surface area contributed by atoms with Crippen molar-refractivity contribution in [3.05, 3.63) is 97.2 Å². The number of hydrogen-bond donors (Lipinski definition) is 1. The smallest absolute Gasteiger partial charge is 0.367 e. The van der Waals surface area contributed by atoms with Crippen molar-refractivity contribution in [1.82, 2.24) is 28.7 Å². The van der Waals surface area contributed by atoms with Gasteiger partial charge in [0.05, 0.1) is 30.2 Å². The molecule has 0 radical (unpaired) electrons. The predicted molar refractivity (Wildman–Crippen MR) is 212 cm³/mol. The first kappa shape index (κ1) is 38.3. The van der Waals surface area contributed by atoms with Crippen molar-refractivity contribution in [1.29, 1.82) is 0 Å². The van der Waals surface area contributed by atoms with E-state index in [1.165, 1.54) is 12.8 Å². The molecule has 0 amide bonds. The molecule has 2 fully saturated rings. The zero-order chi connectivity index (χ0) is 38.3. The molecule has 2 saturated carbocycles. The third-order valence-electron chi connectivity index (χ3n) is 9.57. The van der Waals surface area contributed by atoms with Gasteiger partial charge in [-0.25, -0.2) is 19.9 Å². The second-order valence-corrected chi connectivity index (χ2v) is 16.3. The summed E-state index contributed by atoms with van der Waals surface area (Å²) >= 11 is 10.2. The largest absolute Gasteiger partial charge is 0.390 e. The normalized spacial score (nSPS) is 14.3. The molecule has 4 aromatic heterocycles. The maximum absolute atomic E-state index is 12.5. The minimum atomic E-state index is -4.24. The number of aryl methyl sites for hydroxylation is 2. The van der Waals surface area contributed by atoms with Crippen LogP contribution in [0.2, 0.25) is 0 Å². The van der Waals surface area contributed by atoms with Gasteiger partial charge in [0.15, 0.2) is 33.3 Å². The van der Waals surface area contributed by atoms with Crippen LogP contribution in [0.3, 0.4) is 0 Å².